The molecule has 0 bridgehead atoms. The van der Waals surface area contributed by atoms with E-state index in [2.05, 4.69) is 15.8 Å². The molecule has 0 fully saturated rings. The quantitative estimate of drug-likeness (QED) is 0.288. The lowest BCUT2D eigenvalue weighted by Crippen LogP contribution is -2.29. The number of benzene rings is 3. The van der Waals surface area contributed by atoms with E-state index in [1.165, 1.54) is 0 Å². The van der Waals surface area contributed by atoms with Crippen molar-refractivity contribution in [2.75, 3.05) is 10.7 Å². The van der Waals surface area contributed by atoms with Crippen LogP contribution in [0, 0.1) is 0 Å². The average molecular weight is 359 g/mol. The smallest absolute Gasteiger partial charge is 0.216 e. The van der Waals surface area contributed by atoms with E-state index in [-0.39, 0.29) is 16.5 Å². The van der Waals surface area contributed by atoms with Crippen molar-refractivity contribution < 1.29 is 4.79 Å². The summed E-state index contributed by atoms with van der Waals surface area (Å²) in [4.78, 5) is 13.2. The molecule has 0 saturated heterocycles. The minimum absolute atomic E-state index is 0.152. The summed E-state index contributed by atoms with van der Waals surface area (Å²) in [5.74, 6) is -0.248. The first-order valence-electron chi connectivity index (χ1n) is 8.09. The van der Waals surface area contributed by atoms with Gasteiger partial charge in [0, 0.05) is 11.3 Å². The Bertz CT molecular complexity index is 910. The summed E-state index contributed by atoms with van der Waals surface area (Å²) in [7, 11) is 0. The molecule has 26 heavy (non-hydrogen) atoms. The number of thiocarbonyl (C=S) groups is 1. The van der Waals surface area contributed by atoms with Gasteiger partial charge in [0.05, 0.1) is 5.69 Å². The first kappa shape index (κ1) is 17.5. The van der Waals surface area contributed by atoms with Gasteiger partial charge in [-0.1, -0.05) is 78.9 Å². The van der Waals surface area contributed by atoms with Gasteiger partial charge in [0.1, 0.15) is 4.99 Å². The maximum atomic E-state index is 12.9. The Morgan fingerprint density at radius 1 is 0.731 bits per heavy atom. The van der Waals surface area contributed by atoms with Crippen LogP contribution < -0.4 is 10.7 Å². The minimum atomic E-state index is -0.248. The number of nitrogens with zero attached hydrogens (tertiary/aromatic N) is 1. The monoisotopic (exact) mass is 359 g/mol. The number of carbonyl (C=O) groups is 1. The number of ketones is 1. The Morgan fingerprint density at radius 3 is 1.81 bits per heavy atom. The molecular formula is C21H17N3OS. The van der Waals surface area contributed by atoms with Gasteiger partial charge in [0.2, 0.25) is 5.78 Å². The van der Waals surface area contributed by atoms with Crippen LogP contribution in [0.2, 0.25) is 0 Å². The molecule has 0 aliphatic heterocycles. The SMILES string of the molecule is O=C(/C(=N/Nc1ccccc1)C(=S)Nc1ccccc1)c1ccccc1. The van der Waals surface area contributed by atoms with Crippen LogP contribution >= 0.6 is 12.2 Å². The van der Waals surface area contributed by atoms with Crippen molar-refractivity contribution in [3.63, 3.8) is 0 Å². The van der Waals surface area contributed by atoms with E-state index in [0.29, 0.717) is 5.56 Å². The molecule has 3 aromatic carbocycles. The zero-order valence-electron chi connectivity index (χ0n) is 13.9. The lowest BCUT2D eigenvalue weighted by molar-refractivity contribution is 0.106. The van der Waals surface area contributed by atoms with E-state index in [1.54, 1.807) is 12.1 Å². The molecule has 0 unspecified atom stereocenters. The second-order valence-corrected chi connectivity index (χ2v) is 5.86. The van der Waals surface area contributed by atoms with Gasteiger partial charge in [-0.3, -0.25) is 10.2 Å². The molecule has 0 radical (unpaired) electrons. The summed E-state index contributed by atoms with van der Waals surface area (Å²) in [6, 6.07) is 27.8. The van der Waals surface area contributed by atoms with Gasteiger partial charge in [-0.05, 0) is 24.3 Å². The molecule has 0 atom stereocenters. The number of rotatable bonds is 6. The summed E-state index contributed by atoms with van der Waals surface area (Å²) < 4.78 is 0. The Kier molecular flexibility index (Phi) is 5.85. The lowest BCUT2D eigenvalue weighted by atomic mass is 10.1. The Labute approximate surface area is 157 Å². The number of hydrazone groups is 1. The number of hydrogen-bond acceptors (Lipinski definition) is 4. The van der Waals surface area contributed by atoms with E-state index in [9.17, 15) is 4.79 Å². The number of anilines is 2. The minimum Gasteiger partial charge on any atom is -0.345 e. The van der Waals surface area contributed by atoms with Gasteiger partial charge in [-0.25, -0.2) is 0 Å². The molecular weight excluding hydrogens is 342 g/mol. The molecule has 0 spiro atoms. The first-order valence-corrected chi connectivity index (χ1v) is 8.50. The highest BCUT2D eigenvalue weighted by Gasteiger charge is 2.19. The van der Waals surface area contributed by atoms with Crippen LogP contribution in [0.3, 0.4) is 0 Å². The highest BCUT2D eigenvalue weighted by molar-refractivity contribution is 7.82. The zero-order chi connectivity index (χ0) is 18.2. The molecule has 5 heteroatoms. The van der Waals surface area contributed by atoms with Gasteiger partial charge in [0.15, 0.2) is 5.71 Å². The van der Waals surface area contributed by atoms with E-state index >= 15 is 0 Å². The van der Waals surface area contributed by atoms with Gasteiger partial charge in [-0.15, -0.1) is 0 Å². The van der Waals surface area contributed by atoms with Crippen LogP contribution in [0.1, 0.15) is 10.4 Å². The van der Waals surface area contributed by atoms with Crippen molar-refractivity contribution in [3.05, 3.63) is 96.6 Å². The molecule has 0 amide bonds. The number of para-hydroxylation sites is 2. The highest BCUT2D eigenvalue weighted by atomic mass is 32.1. The summed E-state index contributed by atoms with van der Waals surface area (Å²) in [5.41, 5.74) is 5.15. The van der Waals surface area contributed by atoms with E-state index in [1.807, 2.05) is 78.9 Å². The molecule has 3 rings (SSSR count). The van der Waals surface area contributed by atoms with Gasteiger partial charge in [-0.2, -0.15) is 5.10 Å². The molecule has 0 saturated carbocycles. The first-order chi connectivity index (χ1) is 12.7. The molecule has 0 aromatic heterocycles. The molecule has 0 aliphatic rings. The maximum absolute atomic E-state index is 12.9. The maximum Gasteiger partial charge on any atom is 0.216 e. The highest BCUT2D eigenvalue weighted by Crippen LogP contribution is 2.10. The van der Waals surface area contributed by atoms with E-state index in [4.69, 9.17) is 12.2 Å². The van der Waals surface area contributed by atoms with Crippen LogP contribution in [0.4, 0.5) is 11.4 Å². The number of carbonyl (C=O) groups excluding carboxylic acids is 1. The predicted octanol–water partition coefficient (Wildman–Crippen LogP) is 4.78. The van der Waals surface area contributed by atoms with Crippen molar-refractivity contribution in [1.29, 1.82) is 0 Å². The summed E-state index contributed by atoms with van der Waals surface area (Å²) in [5, 5.41) is 7.35. The van der Waals surface area contributed by atoms with Crippen LogP contribution in [0.5, 0.6) is 0 Å². The molecule has 2 N–H and O–H groups in total. The Morgan fingerprint density at radius 2 is 1.23 bits per heavy atom. The van der Waals surface area contributed by atoms with Crippen molar-refractivity contribution in [2.24, 2.45) is 5.10 Å². The topological polar surface area (TPSA) is 53.5 Å². The fourth-order valence-electron chi connectivity index (χ4n) is 2.28. The lowest BCUT2D eigenvalue weighted by Gasteiger charge is -2.11. The van der Waals surface area contributed by atoms with Crippen LogP contribution in [0.25, 0.3) is 0 Å². The van der Waals surface area contributed by atoms with Crippen molar-refractivity contribution in [1.82, 2.24) is 0 Å². The third-order valence-corrected chi connectivity index (χ3v) is 3.86. The van der Waals surface area contributed by atoms with E-state index < -0.39 is 0 Å². The molecule has 3 aromatic rings. The Hall–Kier alpha value is -3.31. The van der Waals surface area contributed by atoms with E-state index in [0.717, 1.165) is 11.4 Å². The van der Waals surface area contributed by atoms with Gasteiger partial charge in [0.25, 0.3) is 0 Å². The molecule has 0 heterocycles. The third kappa shape index (κ3) is 4.62. The summed E-state index contributed by atoms with van der Waals surface area (Å²) in [6.45, 7) is 0. The van der Waals surface area contributed by atoms with Crippen molar-refractivity contribution >= 4 is 40.1 Å². The average Bonchev–Trinajstić information content (AvgIpc) is 2.70. The fraction of sp³-hybridized carbons (Fsp3) is 0. The molecule has 4 nitrogen and oxygen atoms in total. The number of nitrogens with one attached hydrogen (secondary N) is 2. The largest absolute Gasteiger partial charge is 0.345 e. The summed E-state index contributed by atoms with van der Waals surface area (Å²) in [6.07, 6.45) is 0. The normalized spacial score (nSPS) is 10.8. The third-order valence-electron chi connectivity index (χ3n) is 3.57. The number of Topliss-reactive ketones (excluding diaryl/α,β-unsaturated/α-hetero) is 1. The fourth-order valence-corrected chi connectivity index (χ4v) is 2.53. The van der Waals surface area contributed by atoms with Crippen molar-refractivity contribution in [3.8, 4) is 0 Å². The second-order valence-electron chi connectivity index (χ2n) is 5.45. The summed E-state index contributed by atoms with van der Waals surface area (Å²) >= 11 is 5.45. The standard InChI is InChI=1S/C21H17N3OS/c25-20(16-10-4-1-5-11-16)19(24-23-18-14-8-3-9-15-18)21(26)22-17-12-6-2-7-13-17/h1-15,23H,(H,22,26)/b24-19-. The van der Waals surface area contributed by atoms with Crippen LogP contribution in [0.15, 0.2) is 96.1 Å². The van der Waals surface area contributed by atoms with Crippen LogP contribution in [-0.2, 0) is 0 Å². The van der Waals surface area contributed by atoms with Crippen molar-refractivity contribution in [2.45, 2.75) is 0 Å². The van der Waals surface area contributed by atoms with Crippen LogP contribution in [-0.4, -0.2) is 16.5 Å². The zero-order valence-corrected chi connectivity index (χ0v) is 14.7. The van der Waals surface area contributed by atoms with Gasteiger partial charge < -0.3 is 5.32 Å². The Balaban J connectivity index is 1.87. The number of hydrogen-bond donors (Lipinski definition) is 2. The molecule has 128 valence electrons. The molecule has 0 aliphatic carbocycles. The predicted molar refractivity (Wildman–Crippen MR) is 111 cm³/mol. The van der Waals surface area contributed by atoms with Gasteiger partial charge >= 0.3 is 0 Å². The second kappa shape index (κ2) is 8.69.